The van der Waals surface area contributed by atoms with E-state index in [9.17, 15) is 0 Å². The molecule has 2 aromatic rings. The lowest BCUT2D eigenvalue weighted by Gasteiger charge is -2.12. The molecule has 0 heterocycles. The molecular formula is C21H25ClO4. The minimum Gasteiger partial charge on any atom is -0.493 e. The molecule has 0 aliphatic heterocycles. The topological polar surface area (TPSA) is 36.9 Å². The highest BCUT2D eigenvalue weighted by Gasteiger charge is 2.05. The van der Waals surface area contributed by atoms with Gasteiger partial charge >= 0.3 is 0 Å². The zero-order valence-electron chi connectivity index (χ0n) is 15.3. The molecule has 0 aromatic heterocycles. The Bertz CT molecular complexity index is 715. The van der Waals surface area contributed by atoms with E-state index in [0.29, 0.717) is 48.7 Å². The molecule has 0 atom stereocenters. The van der Waals surface area contributed by atoms with Gasteiger partial charge in [-0.15, -0.1) is 6.58 Å². The molecule has 0 saturated heterocycles. The lowest BCUT2D eigenvalue weighted by atomic mass is 10.1. The zero-order chi connectivity index (χ0) is 18.8. The van der Waals surface area contributed by atoms with Crippen molar-refractivity contribution >= 4 is 11.6 Å². The summed E-state index contributed by atoms with van der Waals surface area (Å²) < 4.78 is 22.2. The number of aryl methyl sites for hydroxylation is 1. The number of rotatable bonds is 11. The molecule has 0 fully saturated rings. The number of hydrogen-bond donors (Lipinski definition) is 0. The van der Waals surface area contributed by atoms with Crippen molar-refractivity contribution in [2.45, 2.75) is 13.3 Å². The Morgan fingerprint density at radius 1 is 0.923 bits per heavy atom. The van der Waals surface area contributed by atoms with Gasteiger partial charge in [-0.25, -0.2) is 0 Å². The normalized spacial score (nSPS) is 10.4. The lowest BCUT2D eigenvalue weighted by molar-refractivity contribution is 0.0757. The number of methoxy groups -OCH3 is 1. The van der Waals surface area contributed by atoms with E-state index < -0.39 is 0 Å². The van der Waals surface area contributed by atoms with Crippen molar-refractivity contribution in [1.29, 1.82) is 0 Å². The average Bonchev–Trinajstić information content (AvgIpc) is 2.63. The largest absolute Gasteiger partial charge is 0.493 e. The summed E-state index contributed by atoms with van der Waals surface area (Å²) >= 11 is 6.12. The molecule has 2 rings (SSSR count). The average molecular weight is 377 g/mol. The maximum Gasteiger partial charge on any atom is 0.161 e. The summed E-state index contributed by atoms with van der Waals surface area (Å²) in [4.78, 5) is 0. The van der Waals surface area contributed by atoms with Gasteiger partial charge in [0.15, 0.2) is 11.5 Å². The minimum atomic E-state index is 0.433. The van der Waals surface area contributed by atoms with E-state index in [4.69, 9.17) is 30.5 Å². The Hall–Kier alpha value is -2.17. The van der Waals surface area contributed by atoms with Crippen LogP contribution in [0.3, 0.4) is 0 Å². The number of benzene rings is 2. The van der Waals surface area contributed by atoms with E-state index in [1.54, 1.807) is 7.11 Å². The van der Waals surface area contributed by atoms with Gasteiger partial charge in [-0.05, 0) is 48.7 Å². The second-order valence-electron chi connectivity index (χ2n) is 5.72. The molecule has 0 N–H and O–H groups in total. The fraction of sp³-hybridized carbons (Fsp3) is 0.333. The van der Waals surface area contributed by atoms with Crippen molar-refractivity contribution in [1.82, 2.24) is 0 Å². The number of ether oxygens (including phenoxy) is 4. The third kappa shape index (κ3) is 6.28. The molecule has 0 unspecified atom stereocenters. The molecular weight excluding hydrogens is 352 g/mol. The van der Waals surface area contributed by atoms with Crippen molar-refractivity contribution in [2.24, 2.45) is 0 Å². The van der Waals surface area contributed by atoms with Crippen LogP contribution in [0.5, 0.6) is 17.2 Å². The lowest BCUT2D eigenvalue weighted by Crippen LogP contribution is -2.12. The Morgan fingerprint density at radius 3 is 2.27 bits per heavy atom. The summed E-state index contributed by atoms with van der Waals surface area (Å²) in [5.74, 6) is 2.08. The molecule has 0 saturated carbocycles. The van der Waals surface area contributed by atoms with E-state index in [0.717, 1.165) is 17.5 Å². The van der Waals surface area contributed by atoms with Crippen LogP contribution in [-0.2, 0) is 11.2 Å². The Kier molecular flexibility index (Phi) is 8.32. The summed E-state index contributed by atoms with van der Waals surface area (Å²) in [6, 6.07) is 11.6. The Morgan fingerprint density at radius 2 is 1.62 bits per heavy atom. The fourth-order valence-electron chi connectivity index (χ4n) is 2.37. The minimum absolute atomic E-state index is 0.433. The second kappa shape index (κ2) is 10.7. The van der Waals surface area contributed by atoms with Crippen LogP contribution in [-0.4, -0.2) is 33.5 Å². The predicted molar refractivity (Wildman–Crippen MR) is 105 cm³/mol. The van der Waals surface area contributed by atoms with Crippen molar-refractivity contribution < 1.29 is 18.9 Å². The Labute approximate surface area is 160 Å². The maximum atomic E-state index is 6.12. The van der Waals surface area contributed by atoms with Crippen LogP contribution < -0.4 is 14.2 Å². The van der Waals surface area contributed by atoms with Crippen molar-refractivity contribution in [3.63, 3.8) is 0 Å². The van der Waals surface area contributed by atoms with Gasteiger partial charge in [0.1, 0.15) is 19.0 Å². The molecule has 0 amide bonds. The fourth-order valence-corrected chi connectivity index (χ4v) is 2.66. The molecule has 0 aliphatic rings. The van der Waals surface area contributed by atoms with Gasteiger partial charge in [0.25, 0.3) is 0 Å². The first-order valence-electron chi connectivity index (χ1n) is 8.51. The van der Waals surface area contributed by atoms with Crippen LogP contribution in [0, 0.1) is 6.92 Å². The van der Waals surface area contributed by atoms with Crippen molar-refractivity contribution in [3.8, 4) is 17.2 Å². The van der Waals surface area contributed by atoms with Crippen LogP contribution in [0.4, 0.5) is 0 Å². The first-order chi connectivity index (χ1) is 12.6. The number of allylic oxidation sites excluding steroid dienone is 1. The van der Waals surface area contributed by atoms with Gasteiger partial charge in [0, 0.05) is 0 Å². The summed E-state index contributed by atoms with van der Waals surface area (Å²) in [6.07, 6.45) is 2.65. The van der Waals surface area contributed by atoms with Gasteiger partial charge < -0.3 is 18.9 Å². The van der Waals surface area contributed by atoms with Gasteiger partial charge in [0.2, 0.25) is 0 Å². The summed E-state index contributed by atoms with van der Waals surface area (Å²) in [7, 11) is 1.63. The van der Waals surface area contributed by atoms with Crippen LogP contribution in [0.1, 0.15) is 11.1 Å². The van der Waals surface area contributed by atoms with Crippen LogP contribution in [0.2, 0.25) is 5.02 Å². The SMILES string of the molecule is C=CCc1ccc(OCCOCCOc2ccc(C)cc2Cl)c(OC)c1. The summed E-state index contributed by atoms with van der Waals surface area (Å²) in [6.45, 7) is 7.52. The van der Waals surface area contributed by atoms with Gasteiger partial charge in [-0.3, -0.25) is 0 Å². The molecule has 0 radical (unpaired) electrons. The van der Waals surface area contributed by atoms with Crippen LogP contribution in [0.25, 0.3) is 0 Å². The zero-order valence-corrected chi connectivity index (χ0v) is 16.1. The molecule has 0 bridgehead atoms. The van der Waals surface area contributed by atoms with E-state index in [-0.39, 0.29) is 0 Å². The first kappa shape index (κ1) is 20.1. The molecule has 4 nitrogen and oxygen atoms in total. The summed E-state index contributed by atoms with van der Waals surface area (Å²) in [5, 5.41) is 0.611. The van der Waals surface area contributed by atoms with Crippen LogP contribution in [0.15, 0.2) is 49.1 Å². The monoisotopic (exact) mass is 376 g/mol. The molecule has 26 heavy (non-hydrogen) atoms. The molecule has 140 valence electrons. The number of halogens is 1. The molecule has 0 spiro atoms. The highest BCUT2D eigenvalue weighted by atomic mass is 35.5. The number of hydrogen-bond acceptors (Lipinski definition) is 4. The highest BCUT2D eigenvalue weighted by Crippen LogP contribution is 2.28. The first-order valence-corrected chi connectivity index (χ1v) is 8.89. The molecule has 2 aromatic carbocycles. The van der Waals surface area contributed by atoms with E-state index in [2.05, 4.69) is 6.58 Å². The molecule has 5 heteroatoms. The Balaban J connectivity index is 1.66. The van der Waals surface area contributed by atoms with Crippen molar-refractivity contribution in [2.75, 3.05) is 33.5 Å². The van der Waals surface area contributed by atoms with Crippen molar-refractivity contribution in [3.05, 3.63) is 65.2 Å². The summed E-state index contributed by atoms with van der Waals surface area (Å²) in [5.41, 5.74) is 2.23. The maximum absolute atomic E-state index is 6.12. The van der Waals surface area contributed by atoms with Gasteiger partial charge in [-0.1, -0.05) is 29.8 Å². The second-order valence-corrected chi connectivity index (χ2v) is 6.13. The van der Waals surface area contributed by atoms with Gasteiger partial charge in [-0.2, -0.15) is 0 Å². The van der Waals surface area contributed by atoms with E-state index in [1.165, 1.54) is 0 Å². The standard InChI is InChI=1S/C21H25ClO4/c1-4-5-17-7-9-20(21(15-17)23-3)26-13-11-24-10-12-25-19-8-6-16(2)14-18(19)22/h4,6-9,14-15H,1,5,10-13H2,2-3H3. The third-order valence-electron chi connectivity index (χ3n) is 3.67. The third-order valence-corrected chi connectivity index (χ3v) is 3.96. The van der Waals surface area contributed by atoms with Crippen LogP contribution >= 0.6 is 11.6 Å². The predicted octanol–water partition coefficient (Wildman–Crippen LogP) is 4.86. The highest BCUT2D eigenvalue weighted by molar-refractivity contribution is 6.32. The van der Waals surface area contributed by atoms with E-state index in [1.807, 2.05) is 49.4 Å². The quantitative estimate of drug-likeness (QED) is 0.414. The van der Waals surface area contributed by atoms with Gasteiger partial charge in [0.05, 0.1) is 25.3 Å². The molecule has 0 aliphatic carbocycles. The smallest absolute Gasteiger partial charge is 0.161 e. The van der Waals surface area contributed by atoms with E-state index >= 15 is 0 Å².